The molecule has 0 aliphatic carbocycles. The third-order valence-corrected chi connectivity index (χ3v) is 9.74. The van der Waals surface area contributed by atoms with Gasteiger partial charge in [-0.1, -0.05) is 24.3 Å². The maximum absolute atomic E-state index is 14.5. The van der Waals surface area contributed by atoms with Gasteiger partial charge in [0.15, 0.2) is 23.3 Å². The van der Waals surface area contributed by atoms with Crippen LogP contribution in [0, 0.1) is 23.3 Å². The Morgan fingerprint density at radius 1 is 0.818 bits per heavy atom. The molecule has 0 amide bonds. The Hall–Kier alpha value is -4.18. The molecular formula is C28H22F7N5O3S. The van der Waals surface area contributed by atoms with E-state index in [9.17, 15) is 44.3 Å². The highest BCUT2D eigenvalue weighted by atomic mass is 32.2. The van der Waals surface area contributed by atoms with Gasteiger partial charge < -0.3 is 14.9 Å². The van der Waals surface area contributed by atoms with Crippen LogP contribution in [-0.2, 0) is 29.2 Å². The molecule has 3 heterocycles. The fraction of sp³-hybridized carbons (Fsp3) is 0.286. The summed E-state index contributed by atoms with van der Waals surface area (Å²) >= 11 is 0. The number of piperazine rings is 1. The zero-order valence-corrected chi connectivity index (χ0v) is 23.4. The number of aromatic hydroxyl groups is 1. The summed E-state index contributed by atoms with van der Waals surface area (Å²) in [5.41, 5.74) is -0.468. The van der Waals surface area contributed by atoms with E-state index in [-0.39, 0.29) is 18.8 Å². The largest absolute Gasteiger partial charge is 0.508 e. The number of hydrogen-bond acceptors (Lipinski definition) is 7. The van der Waals surface area contributed by atoms with Gasteiger partial charge in [-0.05, 0) is 17.9 Å². The molecule has 3 aromatic carbocycles. The zero-order valence-electron chi connectivity index (χ0n) is 22.5. The monoisotopic (exact) mass is 641 g/mol. The molecule has 1 N–H and O–H groups in total. The standard InChI is InChI=1S/C28H22F7N5O3S/c29-22-21(28(33,34)35)26(25(32)24(31)23(22)30)44(42,43)40-9-7-38(8-10-40)27-18-5-6-39(13-19(18)36-14-37-27)20-12-16(41)11-15-3-1-2-4-17(15)20/h1-4,11-12,14,41H,5-10,13H2. The summed E-state index contributed by atoms with van der Waals surface area (Å²) in [5, 5.41) is 12.1. The summed E-state index contributed by atoms with van der Waals surface area (Å²) in [6.45, 7) is -0.249. The van der Waals surface area contributed by atoms with Crippen LogP contribution in [0.4, 0.5) is 42.2 Å². The molecule has 4 aromatic rings. The molecule has 0 radical (unpaired) electrons. The van der Waals surface area contributed by atoms with Crippen LogP contribution in [0.1, 0.15) is 16.8 Å². The average Bonchev–Trinajstić information content (AvgIpc) is 3.00. The van der Waals surface area contributed by atoms with Gasteiger partial charge in [0, 0.05) is 55.4 Å². The molecule has 0 bridgehead atoms. The number of benzene rings is 3. The van der Waals surface area contributed by atoms with E-state index < -0.39 is 63.0 Å². The molecule has 0 spiro atoms. The van der Waals surface area contributed by atoms with Crippen molar-refractivity contribution in [1.29, 1.82) is 0 Å². The molecule has 1 saturated heterocycles. The van der Waals surface area contributed by atoms with Gasteiger partial charge in [0.1, 0.15) is 28.4 Å². The summed E-state index contributed by atoms with van der Waals surface area (Å²) < 4.78 is 124. The highest BCUT2D eigenvalue weighted by molar-refractivity contribution is 7.89. The van der Waals surface area contributed by atoms with E-state index in [1.165, 1.54) is 6.33 Å². The van der Waals surface area contributed by atoms with Gasteiger partial charge in [-0.2, -0.15) is 17.5 Å². The van der Waals surface area contributed by atoms with Crippen molar-refractivity contribution >= 4 is 32.3 Å². The highest BCUT2D eigenvalue weighted by Gasteiger charge is 2.47. The number of alkyl halides is 3. The quantitative estimate of drug-likeness (QED) is 0.191. The van der Waals surface area contributed by atoms with Crippen LogP contribution in [0.5, 0.6) is 5.75 Å². The minimum Gasteiger partial charge on any atom is -0.508 e. The Bertz CT molecular complexity index is 1900. The summed E-state index contributed by atoms with van der Waals surface area (Å²) in [6, 6.07) is 10.9. The number of hydrogen-bond donors (Lipinski definition) is 1. The first-order valence-corrected chi connectivity index (χ1v) is 14.7. The first-order chi connectivity index (χ1) is 20.8. The summed E-state index contributed by atoms with van der Waals surface area (Å²) in [6.07, 6.45) is -4.03. The second-order valence-corrected chi connectivity index (χ2v) is 12.2. The van der Waals surface area contributed by atoms with E-state index in [4.69, 9.17) is 0 Å². The SMILES string of the molecule is O=S(=O)(c1c(F)c(F)c(F)c(F)c1C(F)(F)F)N1CCN(c2ncnc3c2CCN(c2cc(O)cc4ccccc24)C3)CC1. The van der Waals surface area contributed by atoms with E-state index in [0.29, 0.717) is 35.3 Å². The summed E-state index contributed by atoms with van der Waals surface area (Å²) in [4.78, 5) is 10.2. The van der Waals surface area contributed by atoms with Crippen molar-refractivity contribution in [3.8, 4) is 5.75 Å². The molecule has 232 valence electrons. The van der Waals surface area contributed by atoms with Crippen LogP contribution in [0.25, 0.3) is 10.8 Å². The Kier molecular flexibility index (Phi) is 7.31. The third kappa shape index (κ3) is 4.95. The van der Waals surface area contributed by atoms with Crippen molar-refractivity contribution < 1.29 is 44.3 Å². The van der Waals surface area contributed by atoms with Gasteiger partial charge in [-0.25, -0.2) is 35.9 Å². The number of sulfonamides is 1. The minimum absolute atomic E-state index is 0.0985. The first kappa shape index (κ1) is 29.9. The average molecular weight is 642 g/mol. The summed E-state index contributed by atoms with van der Waals surface area (Å²) in [7, 11) is -5.45. The molecule has 16 heteroatoms. The van der Waals surface area contributed by atoms with Crippen LogP contribution in [-0.4, -0.2) is 60.5 Å². The summed E-state index contributed by atoms with van der Waals surface area (Å²) in [5.74, 6) is -10.3. The second kappa shape index (κ2) is 10.8. The van der Waals surface area contributed by atoms with E-state index in [1.807, 2.05) is 24.3 Å². The lowest BCUT2D eigenvalue weighted by Crippen LogP contribution is -2.50. The molecule has 8 nitrogen and oxygen atoms in total. The van der Waals surface area contributed by atoms with E-state index in [2.05, 4.69) is 14.9 Å². The van der Waals surface area contributed by atoms with Gasteiger partial charge in [-0.15, -0.1) is 0 Å². The Morgan fingerprint density at radius 2 is 1.50 bits per heavy atom. The molecule has 0 saturated carbocycles. The van der Waals surface area contributed by atoms with Gasteiger partial charge in [0.25, 0.3) is 0 Å². The van der Waals surface area contributed by atoms with Crippen molar-refractivity contribution in [3.63, 3.8) is 0 Å². The number of phenols is 1. The normalized spacial score (nSPS) is 16.4. The fourth-order valence-corrected chi connectivity index (χ4v) is 7.41. The second-order valence-electron chi connectivity index (χ2n) is 10.3. The van der Waals surface area contributed by atoms with E-state index in [0.717, 1.165) is 22.0 Å². The molecule has 44 heavy (non-hydrogen) atoms. The maximum atomic E-state index is 14.5. The van der Waals surface area contributed by atoms with Crippen LogP contribution >= 0.6 is 0 Å². The molecule has 1 aromatic heterocycles. The Morgan fingerprint density at radius 3 is 2.20 bits per heavy atom. The minimum atomic E-state index is -5.83. The molecule has 6 rings (SSSR count). The molecule has 1 fully saturated rings. The smallest absolute Gasteiger partial charge is 0.420 e. The molecule has 2 aliphatic rings. The zero-order chi connectivity index (χ0) is 31.6. The number of phenolic OH excluding ortho intramolecular Hbond substituents is 1. The van der Waals surface area contributed by atoms with Crippen molar-refractivity contribution in [2.45, 2.75) is 24.0 Å². The number of aromatic nitrogens is 2. The number of rotatable bonds is 4. The van der Waals surface area contributed by atoms with E-state index in [1.54, 1.807) is 17.0 Å². The molecule has 0 unspecified atom stereocenters. The lowest BCUT2D eigenvalue weighted by molar-refractivity contribution is -0.143. The predicted octanol–water partition coefficient (Wildman–Crippen LogP) is 4.98. The highest BCUT2D eigenvalue weighted by Crippen LogP contribution is 2.41. The number of halogens is 7. The third-order valence-electron chi connectivity index (χ3n) is 7.79. The molecular weight excluding hydrogens is 619 g/mol. The van der Waals surface area contributed by atoms with Gasteiger partial charge >= 0.3 is 6.18 Å². The van der Waals surface area contributed by atoms with Gasteiger partial charge in [0.2, 0.25) is 10.0 Å². The van der Waals surface area contributed by atoms with Crippen molar-refractivity contribution in [2.24, 2.45) is 0 Å². The maximum Gasteiger partial charge on any atom is 0.420 e. The fourth-order valence-electron chi connectivity index (χ4n) is 5.73. The molecule has 2 aliphatic heterocycles. The first-order valence-electron chi connectivity index (χ1n) is 13.3. The van der Waals surface area contributed by atoms with Gasteiger partial charge in [-0.3, -0.25) is 0 Å². The lowest BCUT2D eigenvalue weighted by Gasteiger charge is -2.37. The number of fused-ring (bicyclic) bond motifs is 2. The molecule has 0 atom stereocenters. The van der Waals surface area contributed by atoms with Gasteiger partial charge in [0.05, 0.1) is 12.2 Å². The van der Waals surface area contributed by atoms with Crippen molar-refractivity contribution in [2.75, 3.05) is 42.5 Å². The predicted molar refractivity (Wildman–Crippen MR) is 145 cm³/mol. The lowest BCUT2D eigenvalue weighted by atomic mass is 10.0. The van der Waals surface area contributed by atoms with Crippen LogP contribution in [0.3, 0.4) is 0 Å². The Labute approximate surface area is 246 Å². The van der Waals surface area contributed by atoms with E-state index >= 15 is 0 Å². The van der Waals surface area contributed by atoms with Crippen molar-refractivity contribution in [3.05, 3.63) is 82.8 Å². The van der Waals surface area contributed by atoms with Crippen LogP contribution in [0.15, 0.2) is 47.6 Å². The number of nitrogens with zero attached hydrogens (tertiary/aromatic N) is 5. The van der Waals surface area contributed by atoms with Crippen LogP contribution in [0.2, 0.25) is 0 Å². The van der Waals surface area contributed by atoms with Crippen LogP contribution < -0.4 is 9.80 Å². The van der Waals surface area contributed by atoms with Crippen molar-refractivity contribution in [1.82, 2.24) is 14.3 Å². The topological polar surface area (TPSA) is 89.9 Å². The number of anilines is 2. The Balaban J connectivity index is 1.25.